The topological polar surface area (TPSA) is 29.5 Å². The number of hydrogen-bond acceptors (Lipinski definition) is 3. The quantitative estimate of drug-likeness (QED) is 0.707. The van der Waals surface area contributed by atoms with Crippen LogP contribution in [0.1, 0.15) is 44.9 Å². The molecule has 1 saturated carbocycles. The van der Waals surface area contributed by atoms with Crippen molar-refractivity contribution in [2.45, 2.75) is 51.0 Å². The Morgan fingerprint density at radius 3 is 2.65 bits per heavy atom. The Hall–Kier alpha value is -0.410. The molecule has 0 aromatic carbocycles. The van der Waals surface area contributed by atoms with Gasteiger partial charge in [-0.3, -0.25) is 9.69 Å². The van der Waals surface area contributed by atoms with Crippen LogP contribution in [0.4, 0.5) is 0 Å². The van der Waals surface area contributed by atoms with Gasteiger partial charge in [0.1, 0.15) is 5.78 Å². The van der Waals surface area contributed by atoms with Crippen LogP contribution >= 0.6 is 0 Å². The van der Waals surface area contributed by atoms with Crippen molar-refractivity contribution in [3.63, 3.8) is 0 Å². The van der Waals surface area contributed by atoms with Crippen molar-refractivity contribution in [1.29, 1.82) is 0 Å². The summed E-state index contributed by atoms with van der Waals surface area (Å²) in [5.41, 5.74) is 0. The largest absolute Gasteiger partial charge is 0.384 e. The molecule has 0 spiro atoms. The number of Topliss-reactive ketones (excluding diaryl/α,β-unsaturated/α-hetero) is 1. The van der Waals surface area contributed by atoms with Crippen LogP contribution in [0.25, 0.3) is 0 Å². The zero-order chi connectivity index (χ0) is 12.1. The van der Waals surface area contributed by atoms with E-state index in [1.54, 1.807) is 7.11 Å². The Morgan fingerprint density at radius 1 is 1.18 bits per heavy atom. The summed E-state index contributed by atoms with van der Waals surface area (Å²) in [5.74, 6) is 1.20. The van der Waals surface area contributed by atoms with Crippen molar-refractivity contribution in [3.8, 4) is 0 Å². The molecule has 2 rings (SSSR count). The van der Waals surface area contributed by atoms with Crippen molar-refractivity contribution in [2.75, 3.05) is 26.8 Å². The zero-order valence-corrected chi connectivity index (χ0v) is 11.0. The van der Waals surface area contributed by atoms with Gasteiger partial charge in [0.15, 0.2) is 0 Å². The Kier molecular flexibility index (Phi) is 4.99. The summed E-state index contributed by atoms with van der Waals surface area (Å²) >= 11 is 0. The number of rotatable bonds is 3. The second kappa shape index (κ2) is 6.50. The first-order valence-electron chi connectivity index (χ1n) is 7.07. The molecule has 1 heterocycles. The van der Waals surface area contributed by atoms with Gasteiger partial charge in [-0.25, -0.2) is 0 Å². The first-order valence-corrected chi connectivity index (χ1v) is 7.07. The summed E-state index contributed by atoms with van der Waals surface area (Å²) in [4.78, 5) is 14.5. The zero-order valence-electron chi connectivity index (χ0n) is 11.0. The maximum Gasteiger partial charge on any atom is 0.149 e. The molecule has 0 N–H and O–H groups in total. The summed E-state index contributed by atoms with van der Waals surface area (Å²) in [7, 11) is 1.78. The fourth-order valence-electron chi connectivity index (χ4n) is 3.19. The van der Waals surface area contributed by atoms with Gasteiger partial charge in [0.25, 0.3) is 0 Å². The van der Waals surface area contributed by atoms with Crippen LogP contribution in [0.15, 0.2) is 0 Å². The summed E-state index contributed by atoms with van der Waals surface area (Å²) in [6.45, 7) is 3.06. The highest BCUT2D eigenvalue weighted by Crippen LogP contribution is 2.24. The van der Waals surface area contributed by atoms with Crippen LogP contribution in [0.2, 0.25) is 0 Å². The van der Waals surface area contributed by atoms with Gasteiger partial charge >= 0.3 is 0 Å². The average molecular weight is 239 g/mol. The molecule has 2 fully saturated rings. The van der Waals surface area contributed by atoms with Crippen molar-refractivity contribution in [1.82, 2.24) is 4.90 Å². The third kappa shape index (κ3) is 3.52. The minimum atomic E-state index is 0.237. The third-order valence-corrected chi connectivity index (χ3v) is 4.26. The molecule has 0 radical (unpaired) electrons. The lowest BCUT2D eigenvalue weighted by Gasteiger charge is -2.36. The van der Waals surface area contributed by atoms with E-state index in [2.05, 4.69) is 4.90 Å². The number of hydrogen-bond donors (Lipinski definition) is 0. The van der Waals surface area contributed by atoms with E-state index in [9.17, 15) is 4.79 Å². The van der Waals surface area contributed by atoms with Gasteiger partial charge in [-0.05, 0) is 44.7 Å². The molecule has 0 aromatic rings. The molecule has 1 saturated heterocycles. The first-order chi connectivity index (χ1) is 8.31. The Labute approximate surface area is 105 Å². The summed E-state index contributed by atoms with van der Waals surface area (Å²) in [5, 5.41) is 0. The maximum absolute atomic E-state index is 12.1. The molecule has 3 heteroatoms. The van der Waals surface area contributed by atoms with E-state index >= 15 is 0 Å². The predicted molar refractivity (Wildman–Crippen MR) is 68.1 cm³/mol. The molecule has 98 valence electrons. The van der Waals surface area contributed by atoms with E-state index in [0.29, 0.717) is 11.7 Å². The molecule has 2 aliphatic rings. The number of methoxy groups -OCH3 is 1. The van der Waals surface area contributed by atoms with Crippen molar-refractivity contribution >= 4 is 5.78 Å². The van der Waals surface area contributed by atoms with Crippen molar-refractivity contribution in [2.24, 2.45) is 5.92 Å². The third-order valence-electron chi connectivity index (χ3n) is 4.26. The van der Waals surface area contributed by atoms with Gasteiger partial charge in [0, 0.05) is 20.1 Å². The van der Waals surface area contributed by atoms with E-state index in [4.69, 9.17) is 4.74 Å². The number of carbonyl (C=O) groups excluding carboxylic acids is 1. The van der Waals surface area contributed by atoms with Gasteiger partial charge < -0.3 is 4.74 Å². The molecular formula is C14H25NO2. The summed E-state index contributed by atoms with van der Waals surface area (Å²) in [6.07, 6.45) is 7.86. The lowest BCUT2D eigenvalue weighted by Crippen LogP contribution is -2.45. The number of piperidine rings is 1. The number of ketones is 1. The smallest absolute Gasteiger partial charge is 0.149 e. The highest BCUT2D eigenvalue weighted by atomic mass is 16.5. The van der Waals surface area contributed by atoms with Gasteiger partial charge in [0.2, 0.25) is 0 Å². The lowest BCUT2D eigenvalue weighted by molar-refractivity contribution is -0.124. The Bertz CT molecular complexity index is 247. The highest BCUT2D eigenvalue weighted by Gasteiger charge is 2.29. The van der Waals surface area contributed by atoms with Gasteiger partial charge in [-0.1, -0.05) is 12.8 Å². The SMILES string of the molecule is COCC1CCN(C2CCCCCC2=O)CC1. The second-order valence-corrected chi connectivity index (χ2v) is 5.52. The average Bonchev–Trinajstić information content (AvgIpc) is 2.56. The van der Waals surface area contributed by atoms with Crippen LogP contribution in [0.3, 0.4) is 0 Å². The van der Waals surface area contributed by atoms with E-state index in [-0.39, 0.29) is 6.04 Å². The number of carbonyl (C=O) groups is 1. The van der Waals surface area contributed by atoms with Gasteiger partial charge in [-0.15, -0.1) is 0 Å². The minimum absolute atomic E-state index is 0.237. The Balaban J connectivity index is 1.84. The molecule has 1 aliphatic carbocycles. The minimum Gasteiger partial charge on any atom is -0.384 e. The van der Waals surface area contributed by atoms with E-state index < -0.39 is 0 Å². The maximum atomic E-state index is 12.1. The monoisotopic (exact) mass is 239 g/mol. The molecule has 1 aliphatic heterocycles. The first kappa shape index (κ1) is 13.0. The predicted octanol–water partition coefficient (Wildman–Crippen LogP) is 2.25. The van der Waals surface area contributed by atoms with Crippen molar-refractivity contribution < 1.29 is 9.53 Å². The molecular weight excluding hydrogens is 214 g/mol. The van der Waals surface area contributed by atoms with E-state index in [1.165, 1.54) is 25.7 Å². The molecule has 1 unspecified atom stereocenters. The standard InChI is InChI=1S/C14H25NO2/c1-17-11-12-7-9-15(10-8-12)13-5-3-2-4-6-14(13)16/h12-13H,2-11H2,1H3. The number of likely N-dealkylation sites (tertiary alicyclic amines) is 1. The number of nitrogens with zero attached hydrogens (tertiary/aromatic N) is 1. The normalized spacial score (nSPS) is 29.2. The van der Waals surface area contributed by atoms with Crippen LogP contribution in [-0.4, -0.2) is 43.5 Å². The van der Waals surface area contributed by atoms with Gasteiger partial charge in [0.05, 0.1) is 6.04 Å². The molecule has 0 amide bonds. The highest BCUT2D eigenvalue weighted by molar-refractivity contribution is 5.84. The van der Waals surface area contributed by atoms with Crippen molar-refractivity contribution in [3.05, 3.63) is 0 Å². The molecule has 1 atom stereocenters. The molecule has 3 nitrogen and oxygen atoms in total. The van der Waals surface area contributed by atoms with Crippen LogP contribution in [-0.2, 0) is 9.53 Å². The van der Waals surface area contributed by atoms with Crippen LogP contribution < -0.4 is 0 Å². The van der Waals surface area contributed by atoms with E-state index in [0.717, 1.165) is 39.0 Å². The summed E-state index contributed by atoms with van der Waals surface area (Å²) in [6, 6.07) is 0.237. The van der Waals surface area contributed by atoms with E-state index in [1.807, 2.05) is 0 Å². The Morgan fingerprint density at radius 2 is 1.94 bits per heavy atom. The van der Waals surface area contributed by atoms with Crippen LogP contribution in [0.5, 0.6) is 0 Å². The fourth-order valence-corrected chi connectivity index (χ4v) is 3.19. The molecule has 0 bridgehead atoms. The lowest BCUT2D eigenvalue weighted by atomic mass is 9.94. The number of ether oxygens (including phenoxy) is 1. The molecule has 17 heavy (non-hydrogen) atoms. The second-order valence-electron chi connectivity index (χ2n) is 5.52. The fraction of sp³-hybridized carbons (Fsp3) is 0.929. The summed E-state index contributed by atoms with van der Waals surface area (Å²) < 4.78 is 5.22. The van der Waals surface area contributed by atoms with Crippen LogP contribution in [0, 0.1) is 5.92 Å². The molecule has 0 aromatic heterocycles. The van der Waals surface area contributed by atoms with Gasteiger partial charge in [-0.2, -0.15) is 0 Å².